The maximum atomic E-state index is 12.8. The van der Waals surface area contributed by atoms with Gasteiger partial charge in [-0.2, -0.15) is 5.10 Å². The molecule has 1 aromatic carbocycles. The maximum Gasteiger partial charge on any atom is 0.243 e. The largest absolute Gasteiger partial charge is 0.375 e. The molecular weight excluding hydrogens is 354 g/mol. The van der Waals surface area contributed by atoms with Crippen LogP contribution in [0.1, 0.15) is 31.9 Å². The summed E-state index contributed by atoms with van der Waals surface area (Å²) in [4.78, 5) is 29.1. The number of anilines is 2. The number of carbonyl (C=O) groups excluding carboxylic acids is 2. The first-order valence-corrected chi connectivity index (χ1v) is 9.91. The number of fused-ring (bicyclic) bond motifs is 1. The van der Waals surface area contributed by atoms with Crippen molar-refractivity contribution >= 4 is 23.3 Å². The fraction of sp³-hybridized carbons (Fsp3) is 0.476. The minimum absolute atomic E-state index is 0.0155. The summed E-state index contributed by atoms with van der Waals surface area (Å²) in [5.74, 6) is 0.600. The van der Waals surface area contributed by atoms with Gasteiger partial charge in [0.25, 0.3) is 0 Å². The van der Waals surface area contributed by atoms with Crippen molar-refractivity contribution < 1.29 is 9.59 Å². The molecular formula is C21H29N5O2. The Bertz CT molecular complexity index is 817. The Morgan fingerprint density at radius 3 is 2.79 bits per heavy atom. The molecule has 28 heavy (non-hydrogen) atoms. The van der Waals surface area contributed by atoms with Gasteiger partial charge in [0.2, 0.25) is 11.8 Å². The van der Waals surface area contributed by atoms with Crippen molar-refractivity contribution in [3.63, 3.8) is 0 Å². The Hall–Kier alpha value is -2.83. The zero-order valence-electron chi connectivity index (χ0n) is 16.9. The fourth-order valence-electron chi connectivity index (χ4n) is 3.62. The molecule has 1 N–H and O–H groups in total. The lowest BCUT2D eigenvalue weighted by Gasteiger charge is -2.33. The van der Waals surface area contributed by atoms with Gasteiger partial charge in [-0.05, 0) is 31.9 Å². The Morgan fingerprint density at radius 2 is 2.07 bits per heavy atom. The zero-order chi connectivity index (χ0) is 20.1. The second-order valence-electron chi connectivity index (χ2n) is 7.21. The molecule has 2 aromatic rings. The van der Waals surface area contributed by atoms with Gasteiger partial charge in [-0.1, -0.05) is 25.1 Å². The van der Waals surface area contributed by atoms with Crippen LogP contribution < -0.4 is 15.1 Å². The lowest BCUT2D eigenvalue weighted by atomic mass is 10.1. The first-order chi connectivity index (χ1) is 13.5. The number of nitrogens with one attached hydrogen (secondary N) is 1. The van der Waals surface area contributed by atoms with Crippen LogP contribution in [-0.2, 0) is 16.1 Å². The van der Waals surface area contributed by atoms with E-state index in [0.717, 1.165) is 30.2 Å². The average Bonchev–Trinajstić information content (AvgIpc) is 3.08. The first kappa shape index (κ1) is 19.9. The molecule has 1 unspecified atom stereocenters. The van der Waals surface area contributed by atoms with Crippen molar-refractivity contribution in [3.8, 4) is 0 Å². The van der Waals surface area contributed by atoms with E-state index in [1.165, 1.54) is 0 Å². The van der Waals surface area contributed by atoms with Crippen LogP contribution in [0.25, 0.3) is 0 Å². The molecule has 1 aromatic heterocycles. The third kappa shape index (κ3) is 4.35. The van der Waals surface area contributed by atoms with Crippen LogP contribution in [0.4, 0.5) is 11.5 Å². The van der Waals surface area contributed by atoms with E-state index in [0.29, 0.717) is 25.9 Å². The van der Waals surface area contributed by atoms with Gasteiger partial charge in [0.15, 0.2) is 0 Å². The number of hydrogen-bond acceptors (Lipinski definition) is 4. The molecule has 0 bridgehead atoms. The van der Waals surface area contributed by atoms with Crippen molar-refractivity contribution in [1.29, 1.82) is 0 Å². The highest BCUT2D eigenvalue weighted by Gasteiger charge is 2.34. The van der Waals surface area contributed by atoms with Gasteiger partial charge in [0, 0.05) is 38.3 Å². The molecule has 1 aliphatic rings. The molecule has 0 aliphatic carbocycles. The van der Waals surface area contributed by atoms with E-state index in [2.05, 4.69) is 27.4 Å². The zero-order valence-corrected chi connectivity index (χ0v) is 16.9. The number of hydrogen-bond donors (Lipinski definition) is 1. The number of nitrogens with zero attached hydrogens (tertiary/aromatic N) is 4. The van der Waals surface area contributed by atoms with Crippen molar-refractivity contribution in [1.82, 2.24) is 15.1 Å². The number of amides is 2. The number of benzene rings is 1. The smallest absolute Gasteiger partial charge is 0.243 e. The summed E-state index contributed by atoms with van der Waals surface area (Å²) >= 11 is 0. The van der Waals surface area contributed by atoms with Crippen LogP contribution >= 0.6 is 0 Å². The van der Waals surface area contributed by atoms with E-state index in [4.69, 9.17) is 0 Å². The van der Waals surface area contributed by atoms with Crippen LogP contribution in [-0.4, -0.2) is 47.8 Å². The molecule has 0 radical (unpaired) electrons. The molecule has 1 aliphatic heterocycles. The molecule has 0 saturated carbocycles. The lowest BCUT2D eigenvalue weighted by Crippen LogP contribution is -2.52. The SMILES string of the molecule is CCC(C(=O)NCCCN(C)c1ccccc1)N1C(=O)CCn2nc(C)cc21. The summed E-state index contributed by atoms with van der Waals surface area (Å²) in [5, 5.41) is 7.43. The highest BCUT2D eigenvalue weighted by molar-refractivity contribution is 6.00. The molecule has 150 valence electrons. The Labute approximate surface area is 166 Å². The van der Waals surface area contributed by atoms with Gasteiger partial charge in [0.05, 0.1) is 12.2 Å². The van der Waals surface area contributed by atoms with E-state index < -0.39 is 6.04 Å². The molecule has 0 spiro atoms. The van der Waals surface area contributed by atoms with Crippen LogP contribution in [0, 0.1) is 6.92 Å². The van der Waals surface area contributed by atoms with E-state index in [1.54, 1.807) is 4.90 Å². The number of aromatic nitrogens is 2. The fourth-order valence-corrected chi connectivity index (χ4v) is 3.62. The molecule has 1 atom stereocenters. The number of para-hydroxylation sites is 1. The second kappa shape index (κ2) is 8.91. The van der Waals surface area contributed by atoms with Crippen molar-refractivity contribution in [3.05, 3.63) is 42.1 Å². The summed E-state index contributed by atoms with van der Waals surface area (Å²) in [7, 11) is 2.04. The van der Waals surface area contributed by atoms with Gasteiger partial charge in [-0.15, -0.1) is 0 Å². The quantitative estimate of drug-likeness (QED) is 0.711. The van der Waals surface area contributed by atoms with Crippen LogP contribution in [0.2, 0.25) is 0 Å². The molecule has 2 amide bonds. The highest BCUT2D eigenvalue weighted by Crippen LogP contribution is 2.26. The highest BCUT2D eigenvalue weighted by atomic mass is 16.2. The van der Waals surface area contributed by atoms with Gasteiger partial charge in [-0.3, -0.25) is 14.5 Å². The van der Waals surface area contributed by atoms with E-state index in [-0.39, 0.29) is 11.8 Å². The minimum atomic E-state index is -0.505. The van der Waals surface area contributed by atoms with Crippen LogP contribution in [0.5, 0.6) is 0 Å². The number of carbonyl (C=O) groups is 2. The van der Waals surface area contributed by atoms with Gasteiger partial charge in [-0.25, -0.2) is 4.68 Å². The van der Waals surface area contributed by atoms with Crippen molar-refractivity contribution in [2.75, 3.05) is 29.9 Å². The van der Waals surface area contributed by atoms with Crippen LogP contribution in [0.3, 0.4) is 0 Å². The van der Waals surface area contributed by atoms with E-state index in [1.807, 2.05) is 49.8 Å². The first-order valence-electron chi connectivity index (χ1n) is 9.91. The minimum Gasteiger partial charge on any atom is -0.375 e. The second-order valence-corrected chi connectivity index (χ2v) is 7.21. The monoisotopic (exact) mass is 383 g/mol. The molecule has 0 fully saturated rings. The molecule has 2 heterocycles. The maximum absolute atomic E-state index is 12.8. The van der Waals surface area contributed by atoms with Crippen molar-refractivity contribution in [2.45, 2.75) is 45.7 Å². The normalized spacial score (nSPS) is 14.5. The summed E-state index contributed by atoms with van der Waals surface area (Å²) < 4.78 is 1.82. The summed E-state index contributed by atoms with van der Waals surface area (Å²) in [5.41, 5.74) is 2.01. The van der Waals surface area contributed by atoms with Crippen LogP contribution in [0.15, 0.2) is 36.4 Å². The van der Waals surface area contributed by atoms with E-state index >= 15 is 0 Å². The predicted octanol–water partition coefficient (Wildman–Crippen LogP) is 2.35. The van der Waals surface area contributed by atoms with Gasteiger partial charge < -0.3 is 10.2 Å². The van der Waals surface area contributed by atoms with E-state index in [9.17, 15) is 9.59 Å². The topological polar surface area (TPSA) is 70.5 Å². The third-order valence-electron chi connectivity index (χ3n) is 5.10. The Morgan fingerprint density at radius 1 is 1.32 bits per heavy atom. The summed E-state index contributed by atoms with van der Waals surface area (Å²) in [6, 6.07) is 11.5. The predicted molar refractivity (Wildman–Crippen MR) is 110 cm³/mol. The molecule has 0 saturated heterocycles. The number of aryl methyl sites for hydroxylation is 2. The average molecular weight is 383 g/mol. The molecule has 7 heteroatoms. The lowest BCUT2D eigenvalue weighted by molar-refractivity contribution is -0.127. The Balaban J connectivity index is 1.56. The van der Waals surface area contributed by atoms with Crippen molar-refractivity contribution in [2.24, 2.45) is 0 Å². The third-order valence-corrected chi connectivity index (χ3v) is 5.10. The van der Waals surface area contributed by atoms with Gasteiger partial charge in [0.1, 0.15) is 11.9 Å². The number of rotatable bonds is 8. The molecule has 3 rings (SSSR count). The summed E-state index contributed by atoms with van der Waals surface area (Å²) in [6.45, 7) is 5.83. The van der Waals surface area contributed by atoms with Gasteiger partial charge >= 0.3 is 0 Å². The summed E-state index contributed by atoms with van der Waals surface area (Å²) in [6.07, 6.45) is 1.77. The Kier molecular flexibility index (Phi) is 6.34. The standard InChI is InChI=1S/C21H29N5O2/c1-4-18(26-19-15-16(2)23-25(19)14-11-20(26)27)21(28)22-12-8-13-24(3)17-9-6-5-7-10-17/h5-7,9-10,15,18H,4,8,11-14H2,1-3H3,(H,22,28). The molecule has 7 nitrogen and oxygen atoms in total.